The number of pyridine rings is 1. The third-order valence-corrected chi connectivity index (χ3v) is 4.34. The minimum absolute atomic E-state index is 0.592. The Balaban J connectivity index is 2.16. The zero-order valence-corrected chi connectivity index (χ0v) is 13.8. The first-order valence-electron chi connectivity index (χ1n) is 6.78. The quantitative estimate of drug-likeness (QED) is 0.738. The molecule has 3 aromatic rings. The van der Waals surface area contributed by atoms with E-state index in [1.165, 1.54) is 0 Å². The Morgan fingerprint density at radius 3 is 2.45 bits per heavy atom. The number of aromatic nitrogens is 2. The van der Waals surface area contributed by atoms with Crippen LogP contribution in [0.4, 0.5) is 5.13 Å². The second-order valence-corrected chi connectivity index (χ2v) is 5.85. The maximum atomic E-state index is 5.43. The van der Waals surface area contributed by atoms with Crippen LogP contribution in [-0.4, -0.2) is 38.3 Å². The van der Waals surface area contributed by atoms with E-state index in [0.717, 1.165) is 33.0 Å². The molecule has 3 rings (SSSR count). The maximum absolute atomic E-state index is 5.43. The Kier molecular flexibility index (Phi) is 3.85. The van der Waals surface area contributed by atoms with Crippen molar-refractivity contribution < 1.29 is 9.47 Å². The van der Waals surface area contributed by atoms with Gasteiger partial charge in [0.15, 0.2) is 5.13 Å². The van der Waals surface area contributed by atoms with E-state index in [1.54, 1.807) is 25.6 Å². The number of anilines is 1. The van der Waals surface area contributed by atoms with Gasteiger partial charge in [-0.1, -0.05) is 0 Å². The molecule has 6 heteroatoms. The molecule has 0 unspecified atom stereocenters. The highest BCUT2D eigenvalue weighted by Gasteiger charge is 2.12. The Morgan fingerprint density at radius 1 is 1.00 bits per heavy atom. The zero-order chi connectivity index (χ0) is 15.7. The molecule has 2 aromatic heterocycles. The van der Waals surface area contributed by atoms with E-state index in [4.69, 9.17) is 9.47 Å². The van der Waals surface area contributed by atoms with Crippen molar-refractivity contribution >= 4 is 27.2 Å². The number of ether oxygens (including phenoxy) is 2. The highest BCUT2D eigenvalue weighted by atomic mass is 32.1. The van der Waals surface area contributed by atoms with Crippen LogP contribution in [0.3, 0.4) is 0 Å². The maximum Gasteiger partial charge on any atom is 0.221 e. The minimum atomic E-state index is 0.592. The predicted octanol–water partition coefficient (Wildman–Crippen LogP) is 3.44. The number of hydrogen-bond acceptors (Lipinski definition) is 6. The normalized spacial score (nSPS) is 10.7. The summed E-state index contributed by atoms with van der Waals surface area (Å²) in [5, 5.41) is 4.92. The summed E-state index contributed by atoms with van der Waals surface area (Å²) in [7, 11) is 7.23. The fourth-order valence-electron chi connectivity index (χ4n) is 2.21. The van der Waals surface area contributed by atoms with Gasteiger partial charge in [0.1, 0.15) is 11.4 Å². The lowest BCUT2D eigenvalue weighted by Gasteiger charge is -2.09. The molecule has 0 atom stereocenters. The van der Waals surface area contributed by atoms with Gasteiger partial charge in [0.25, 0.3) is 0 Å². The zero-order valence-electron chi connectivity index (χ0n) is 13.0. The van der Waals surface area contributed by atoms with Crippen LogP contribution in [0.25, 0.3) is 22.2 Å². The van der Waals surface area contributed by atoms with Crippen LogP contribution in [0.2, 0.25) is 0 Å². The van der Waals surface area contributed by atoms with E-state index in [1.807, 2.05) is 48.6 Å². The fraction of sp³-hybridized carbons (Fsp3) is 0.250. The van der Waals surface area contributed by atoms with Crippen LogP contribution in [-0.2, 0) is 0 Å². The third-order valence-electron chi connectivity index (χ3n) is 3.33. The van der Waals surface area contributed by atoms with Crippen molar-refractivity contribution in [1.29, 1.82) is 0 Å². The van der Waals surface area contributed by atoms with Gasteiger partial charge in [-0.3, -0.25) is 0 Å². The molecule has 0 fully saturated rings. The molecule has 0 saturated heterocycles. The summed E-state index contributed by atoms with van der Waals surface area (Å²) in [4.78, 5) is 11.2. The first kappa shape index (κ1) is 14.6. The number of hydrogen-bond donors (Lipinski definition) is 0. The summed E-state index contributed by atoms with van der Waals surface area (Å²) >= 11 is 1.59. The largest absolute Gasteiger partial charge is 0.497 e. The minimum Gasteiger partial charge on any atom is -0.497 e. The number of nitrogens with zero attached hydrogens (tertiary/aromatic N) is 3. The van der Waals surface area contributed by atoms with Crippen LogP contribution in [0.1, 0.15) is 0 Å². The highest BCUT2D eigenvalue weighted by molar-refractivity contribution is 7.14. The van der Waals surface area contributed by atoms with E-state index in [-0.39, 0.29) is 0 Å². The van der Waals surface area contributed by atoms with E-state index < -0.39 is 0 Å². The van der Waals surface area contributed by atoms with Crippen molar-refractivity contribution in [1.82, 2.24) is 9.97 Å². The summed E-state index contributed by atoms with van der Waals surface area (Å²) in [5.41, 5.74) is 1.64. The molecular formula is C16H17N3O2S. The molecule has 0 amide bonds. The molecule has 0 N–H and O–H groups in total. The van der Waals surface area contributed by atoms with Crippen molar-refractivity contribution in [2.45, 2.75) is 0 Å². The Labute approximate surface area is 133 Å². The first-order valence-corrected chi connectivity index (χ1v) is 7.66. The predicted molar refractivity (Wildman–Crippen MR) is 90.3 cm³/mol. The Bertz CT molecular complexity index is 814. The van der Waals surface area contributed by atoms with Crippen LogP contribution in [0.5, 0.6) is 11.6 Å². The summed E-state index contributed by atoms with van der Waals surface area (Å²) in [5.74, 6) is 1.40. The average molecular weight is 315 g/mol. The number of benzene rings is 1. The lowest BCUT2D eigenvalue weighted by molar-refractivity contribution is 0.403. The van der Waals surface area contributed by atoms with Crippen LogP contribution in [0.15, 0.2) is 29.6 Å². The van der Waals surface area contributed by atoms with Gasteiger partial charge >= 0.3 is 0 Å². The van der Waals surface area contributed by atoms with Gasteiger partial charge in [-0.05, 0) is 29.7 Å². The Hall–Kier alpha value is -2.34. The smallest absolute Gasteiger partial charge is 0.221 e. The van der Waals surface area contributed by atoms with Crippen LogP contribution < -0.4 is 14.4 Å². The van der Waals surface area contributed by atoms with Crippen molar-refractivity contribution in [3.05, 3.63) is 29.6 Å². The summed E-state index contributed by atoms with van der Waals surface area (Å²) < 4.78 is 10.7. The molecule has 0 radical (unpaired) electrons. The second kappa shape index (κ2) is 5.81. The molecule has 0 spiro atoms. The molecule has 1 aromatic carbocycles. The second-order valence-electron chi connectivity index (χ2n) is 5.01. The number of thiazole rings is 1. The topological polar surface area (TPSA) is 47.5 Å². The van der Waals surface area contributed by atoms with Gasteiger partial charge in [0.2, 0.25) is 5.88 Å². The van der Waals surface area contributed by atoms with Crippen LogP contribution >= 0.6 is 11.3 Å². The molecular weight excluding hydrogens is 298 g/mol. The molecule has 0 saturated carbocycles. The fourth-order valence-corrected chi connectivity index (χ4v) is 2.96. The average Bonchev–Trinajstić information content (AvgIpc) is 3.03. The van der Waals surface area contributed by atoms with E-state index in [9.17, 15) is 0 Å². The number of fused-ring (bicyclic) bond motifs is 1. The lowest BCUT2D eigenvalue weighted by Crippen LogP contribution is -2.07. The van der Waals surface area contributed by atoms with Gasteiger partial charge in [0.05, 0.1) is 19.9 Å². The first-order chi connectivity index (χ1) is 10.6. The van der Waals surface area contributed by atoms with Gasteiger partial charge in [-0.15, -0.1) is 11.3 Å². The van der Waals surface area contributed by atoms with Crippen molar-refractivity contribution in [3.63, 3.8) is 0 Å². The summed E-state index contributed by atoms with van der Waals surface area (Å²) in [6, 6.07) is 7.84. The molecule has 22 heavy (non-hydrogen) atoms. The van der Waals surface area contributed by atoms with Crippen molar-refractivity contribution in [2.75, 3.05) is 33.2 Å². The summed E-state index contributed by atoms with van der Waals surface area (Å²) in [6.07, 6.45) is 0. The molecule has 5 nitrogen and oxygen atoms in total. The standard InChI is InChI=1S/C16H17N3O2S/c1-19(2)16-18-14(9-22-16)13-8-10-7-11(20-3)5-6-12(10)15(17-13)21-4/h5-9H,1-4H3. The highest BCUT2D eigenvalue weighted by Crippen LogP contribution is 2.32. The van der Waals surface area contributed by atoms with E-state index in [0.29, 0.717) is 5.88 Å². The molecule has 0 bridgehead atoms. The Morgan fingerprint density at radius 2 is 1.82 bits per heavy atom. The summed E-state index contributed by atoms with van der Waals surface area (Å²) in [6.45, 7) is 0. The monoisotopic (exact) mass is 315 g/mol. The van der Waals surface area contributed by atoms with Crippen molar-refractivity contribution in [2.24, 2.45) is 0 Å². The van der Waals surface area contributed by atoms with Gasteiger partial charge in [-0.2, -0.15) is 0 Å². The lowest BCUT2D eigenvalue weighted by atomic mass is 10.1. The molecule has 0 aliphatic heterocycles. The van der Waals surface area contributed by atoms with Gasteiger partial charge < -0.3 is 14.4 Å². The van der Waals surface area contributed by atoms with Gasteiger partial charge in [0, 0.05) is 24.9 Å². The SMILES string of the molecule is COc1ccc2c(OC)nc(-c3csc(N(C)C)n3)cc2c1. The van der Waals surface area contributed by atoms with E-state index >= 15 is 0 Å². The number of methoxy groups -OCH3 is 2. The number of rotatable bonds is 4. The molecule has 2 heterocycles. The van der Waals surface area contributed by atoms with Crippen LogP contribution in [0, 0.1) is 0 Å². The van der Waals surface area contributed by atoms with Crippen molar-refractivity contribution in [3.8, 4) is 23.0 Å². The third kappa shape index (κ3) is 2.57. The molecule has 0 aliphatic rings. The van der Waals surface area contributed by atoms with E-state index in [2.05, 4.69) is 9.97 Å². The van der Waals surface area contributed by atoms with Gasteiger partial charge in [-0.25, -0.2) is 9.97 Å². The molecule has 114 valence electrons. The molecule has 0 aliphatic carbocycles.